The van der Waals surface area contributed by atoms with E-state index in [0.717, 1.165) is 22.3 Å². The van der Waals surface area contributed by atoms with Crippen LogP contribution in [0.25, 0.3) is 0 Å². The van der Waals surface area contributed by atoms with Gasteiger partial charge in [-0.05, 0) is 61.9 Å². The van der Waals surface area contributed by atoms with Gasteiger partial charge >= 0.3 is 0 Å². The first-order valence-corrected chi connectivity index (χ1v) is 13.0. The second-order valence-corrected chi connectivity index (χ2v) is 10.2. The molecule has 37 heavy (non-hydrogen) atoms. The van der Waals surface area contributed by atoms with Gasteiger partial charge in [0.2, 0.25) is 0 Å². The lowest BCUT2D eigenvalue weighted by molar-refractivity contribution is 0.0793. The summed E-state index contributed by atoms with van der Waals surface area (Å²) in [5, 5.41) is 28.3. The summed E-state index contributed by atoms with van der Waals surface area (Å²) in [6, 6.07) is 14.9. The molecule has 9 heteroatoms. The molecule has 3 aromatic rings. The van der Waals surface area contributed by atoms with Crippen molar-refractivity contribution in [2.24, 2.45) is 5.10 Å². The number of hydrazone groups is 1. The maximum Gasteiger partial charge on any atom is 0.283 e. The first kappa shape index (κ1) is 28.2. The molecule has 8 nitrogen and oxygen atoms in total. The van der Waals surface area contributed by atoms with Crippen molar-refractivity contribution in [3.05, 3.63) is 86.6 Å². The maximum atomic E-state index is 13.1. The van der Waals surface area contributed by atoms with Gasteiger partial charge in [-0.2, -0.15) is 5.10 Å². The maximum absolute atomic E-state index is 13.1. The Bertz CT molecular complexity index is 1230. The summed E-state index contributed by atoms with van der Waals surface area (Å²) in [5.41, 5.74) is 7.09. The smallest absolute Gasteiger partial charge is 0.283 e. The monoisotopic (exact) mass is 522 g/mol. The van der Waals surface area contributed by atoms with Gasteiger partial charge in [-0.25, -0.2) is 5.43 Å². The van der Waals surface area contributed by atoms with Gasteiger partial charge in [0, 0.05) is 25.2 Å². The van der Waals surface area contributed by atoms with E-state index in [1.807, 2.05) is 54.5 Å². The van der Waals surface area contributed by atoms with Crippen LogP contribution in [0.15, 0.2) is 59.0 Å². The van der Waals surface area contributed by atoms with E-state index in [4.69, 9.17) is 0 Å². The van der Waals surface area contributed by atoms with E-state index in [2.05, 4.69) is 15.8 Å². The lowest BCUT2D eigenvalue weighted by Crippen LogP contribution is -2.35. The fourth-order valence-electron chi connectivity index (χ4n) is 3.84. The Morgan fingerprint density at radius 2 is 1.70 bits per heavy atom. The topological polar surface area (TPSA) is 114 Å². The Balaban J connectivity index is 1.69. The molecule has 0 bridgehead atoms. The molecule has 2 unspecified atom stereocenters. The summed E-state index contributed by atoms with van der Waals surface area (Å²) < 4.78 is 0. The molecule has 0 aliphatic heterocycles. The second-order valence-electron chi connectivity index (χ2n) is 9.28. The fraction of sp³-hybridized carbons (Fsp3) is 0.321. The average molecular weight is 523 g/mol. The zero-order valence-electron chi connectivity index (χ0n) is 21.6. The highest BCUT2D eigenvalue weighted by Gasteiger charge is 2.19. The highest BCUT2D eigenvalue weighted by Crippen LogP contribution is 2.28. The lowest BCUT2D eigenvalue weighted by Gasteiger charge is -2.25. The largest absolute Gasteiger partial charge is 0.392 e. The molecule has 3 rings (SSSR count). The van der Waals surface area contributed by atoms with Crippen molar-refractivity contribution < 1.29 is 19.8 Å². The molecule has 0 radical (unpaired) electrons. The quantitative estimate of drug-likeness (QED) is 0.225. The molecule has 2 amide bonds. The van der Waals surface area contributed by atoms with Gasteiger partial charge in [0.1, 0.15) is 4.88 Å². The van der Waals surface area contributed by atoms with Crippen LogP contribution >= 0.6 is 11.3 Å². The summed E-state index contributed by atoms with van der Waals surface area (Å²) in [5.74, 6) is -0.740. The third-order valence-corrected chi connectivity index (χ3v) is 6.61. The molecule has 2 atom stereocenters. The van der Waals surface area contributed by atoms with E-state index in [1.165, 1.54) is 11.3 Å². The number of aliphatic hydroxyl groups is 2. The summed E-state index contributed by atoms with van der Waals surface area (Å²) in [6.45, 7) is 8.51. The minimum absolute atomic E-state index is 0.335. The normalized spacial score (nSPS) is 13.1. The molecule has 1 aromatic heterocycles. The van der Waals surface area contributed by atoms with Crippen molar-refractivity contribution in [1.82, 2.24) is 10.3 Å². The Morgan fingerprint density at radius 3 is 2.35 bits per heavy atom. The summed E-state index contributed by atoms with van der Waals surface area (Å²) in [7, 11) is 0. The second kappa shape index (κ2) is 13.3. The van der Waals surface area contributed by atoms with Gasteiger partial charge < -0.3 is 15.5 Å². The number of anilines is 1. The zero-order valence-corrected chi connectivity index (χ0v) is 22.4. The van der Waals surface area contributed by atoms with Crippen molar-refractivity contribution in [1.29, 1.82) is 0 Å². The van der Waals surface area contributed by atoms with Gasteiger partial charge in [-0.15, -0.1) is 11.3 Å². The predicted octanol–water partition coefficient (Wildman–Crippen LogP) is 3.94. The van der Waals surface area contributed by atoms with Crippen LogP contribution in [0.3, 0.4) is 0 Å². The molecule has 4 N–H and O–H groups in total. The Morgan fingerprint density at radius 1 is 1.03 bits per heavy atom. The molecular weight excluding hydrogens is 488 g/mol. The summed E-state index contributed by atoms with van der Waals surface area (Å²) in [6.07, 6.45) is 0.482. The van der Waals surface area contributed by atoms with Crippen molar-refractivity contribution in [3.8, 4) is 0 Å². The predicted molar refractivity (Wildman–Crippen MR) is 148 cm³/mol. The van der Waals surface area contributed by atoms with Crippen LogP contribution in [0.5, 0.6) is 0 Å². The third-order valence-electron chi connectivity index (χ3n) is 5.52. The van der Waals surface area contributed by atoms with E-state index in [-0.39, 0.29) is 5.91 Å². The third kappa shape index (κ3) is 8.61. The SMILES string of the molecule is Cc1ccc(C=NNC(=O)c2scc(C)c2NC(=O)c2cccc(CN(CC(C)O)CC(C)O)c2)cc1. The number of hydrogen-bond acceptors (Lipinski definition) is 7. The van der Waals surface area contributed by atoms with E-state index >= 15 is 0 Å². The van der Waals surface area contributed by atoms with Crippen LogP contribution in [0.4, 0.5) is 5.69 Å². The van der Waals surface area contributed by atoms with Crippen LogP contribution in [0, 0.1) is 13.8 Å². The summed E-state index contributed by atoms with van der Waals surface area (Å²) in [4.78, 5) is 28.2. The number of benzene rings is 2. The van der Waals surface area contributed by atoms with Gasteiger partial charge in [-0.3, -0.25) is 14.5 Å². The first-order valence-electron chi connectivity index (χ1n) is 12.1. The number of amides is 2. The van der Waals surface area contributed by atoms with E-state index in [9.17, 15) is 19.8 Å². The van der Waals surface area contributed by atoms with Gasteiger partial charge in [0.25, 0.3) is 11.8 Å². The number of rotatable bonds is 11. The van der Waals surface area contributed by atoms with Crippen LogP contribution in [-0.4, -0.2) is 58.4 Å². The number of aryl methyl sites for hydroxylation is 2. The Labute approximate surface area is 221 Å². The van der Waals surface area contributed by atoms with Gasteiger partial charge in [-0.1, -0.05) is 42.0 Å². The van der Waals surface area contributed by atoms with E-state index in [1.54, 1.807) is 38.3 Å². The van der Waals surface area contributed by atoms with Crippen LogP contribution < -0.4 is 10.7 Å². The average Bonchev–Trinajstić information content (AvgIpc) is 3.19. The number of aliphatic hydroxyl groups excluding tert-OH is 2. The van der Waals surface area contributed by atoms with Gasteiger partial charge in [0.15, 0.2) is 0 Å². The number of nitrogens with one attached hydrogen (secondary N) is 2. The molecule has 196 valence electrons. The minimum Gasteiger partial charge on any atom is -0.392 e. The highest BCUT2D eigenvalue weighted by atomic mass is 32.1. The molecule has 1 heterocycles. The molecule has 0 saturated carbocycles. The molecular formula is C28H34N4O4S. The molecule has 2 aromatic carbocycles. The Hall–Kier alpha value is -3.37. The number of carbonyl (C=O) groups is 2. The molecule has 0 fully saturated rings. The van der Waals surface area contributed by atoms with Crippen molar-refractivity contribution in [2.45, 2.75) is 46.4 Å². The van der Waals surface area contributed by atoms with E-state index in [0.29, 0.717) is 35.8 Å². The fourth-order valence-corrected chi connectivity index (χ4v) is 4.74. The number of carbonyl (C=O) groups excluding carboxylic acids is 2. The molecule has 0 aliphatic carbocycles. The molecule has 0 saturated heterocycles. The zero-order chi connectivity index (χ0) is 26.9. The van der Waals surface area contributed by atoms with Crippen molar-refractivity contribution in [3.63, 3.8) is 0 Å². The van der Waals surface area contributed by atoms with Gasteiger partial charge in [0.05, 0.1) is 24.1 Å². The van der Waals surface area contributed by atoms with E-state index < -0.39 is 18.1 Å². The molecule has 0 aliphatic rings. The highest BCUT2D eigenvalue weighted by molar-refractivity contribution is 7.13. The lowest BCUT2D eigenvalue weighted by atomic mass is 10.1. The number of thiophene rings is 1. The first-order chi connectivity index (χ1) is 17.6. The van der Waals surface area contributed by atoms with Crippen LogP contribution in [0.2, 0.25) is 0 Å². The summed E-state index contributed by atoms with van der Waals surface area (Å²) >= 11 is 1.24. The van der Waals surface area contributed by atoms with Crippen molar-refractivity contribution in [2.75, 3.05) is 18.4 Å². The minimum atomic E-state index is -0.544. The van der Waals surface area contributed by atoms with Crippen LogP contribution in [0.1, 0.15) is 56.1 Å². The number of hydrogen-bond donors (Lipinski definition) is 4. The van der Waals surface area contributed by atoms with Crippen LogP contribution in [-0.2, 0) is 6.54 Å². The van der Waals surface area contributed by atoms with Crippen molar-refractivity contribution >= 4 is 35.1 Å². The number of nitrogens with zero attached hydrogens (tertiary/aromatic N) is 2. The standard InChI is InChI=1S/C28H34N4O4S/c1-18-8-10-22(11-9-18)13-29-31-28(36)26-25(19(2)17-37-26)30-27(35)24-7-5-6-23(12-24)16-32(14-20(3)33)15-21(4)34/h5-13,17,20-21,33-34H,14-16H2,1-4H3,(H,30,35)(H,31,36). The molecule has 0 spiro atoms. The Kier molecular flexibility index (Phi) is 10.1.